The molecule has 1 atom stereocenters. The van der Waals surface area contributed by atoms with E-state index in [0.29, 0.717) is 33.9 Å². The lowest BCUT2D eigenvalue weighted by atomic mass is 10.1. The Morgan fingerprint density at radius 1 is 0.974 bits per heavy atom. The van der Waals surface area contributed by atoms with Gasteiger partial charge >= 0.3 is 0 Å². The van der Waals surface area contributed by atoms with E-state index < -0.39 is 6.04 Å². The van der Waals surface area contributed by atoms with Gasteiger partial charge in [-0.2, -0.15) is 0 Å². The van der Waals surface area contributed by atoms with Crippen LogP contribution >= 0.6 is 23.4 Å². The number of para-hydroxylation sites is 1. The maximum atomic E-state index is 13.4. The molecule has 0 saturated carbocycles. The molecule has 0 aromatic heterocycles. The number of hydrogen-bond acceptors (Lipinski definition) is 6. The van der Waals surface area contributed by atoms with Crippen LogP contribution in [0.15, 0.2) is 88.8 Å². The van der Waals surface area contributed by atoms with Crippen molar-refractivity contribution in [3.8, 4) is 0 Å². The molecule has 2 heterocycles. The number of hydrogen-bond donors (Lipinski definition) is 2. The normalized spacial score (nSPS) is 15.8. The number of aliphatic imine (C=N–C) groups is 2. The van der Waals surface area contributed by atoms with Gasteiger partial charge in [-0.1, -0.05) is 71.9 Å². The molecule has 3 amide bonds. The summed E-state index contributed by atoms with van der Waals surface area (Å²) >= 11 is 7.15. The Bertz CT molecular complexity index is 1440. The van der Waals surface area contributed by atoms with Crippen LogP contribution in [0.4, 0.5) is 11.4 Å². The first-order chi connectivity index (χ1) is 18.5. The van der Waals surface area contributed by atoms with Crippen LogP contribution in [0.1, 0.15) is 24.0 Å². The third-order valence-electron chi connectivity index (χ3n) is 5.97. The maximum Gasteiger partial charge on any atom is 0.259 e. The molecular formula is C28H24ClN5O3S. The fourth-order valence-corrected chi connectivity index (χ4v) is 5.12. The van der Waals surface area contributed by atoms with Crippen molar-refractivity contribution >= 4 is 63.5 Å². The van der Waals surface area contributed by atoms with Gasteiger partial charge in [0, 0.05) is 29.2 Å². The van der Waals surface area contributed by atoms with Crippen molar-refractivity contribution in [3.63, 3.8) is 0 Å². The monoisotopic (exact) mass is 545 g/mol. The van der Waals surface area contributed by atoms with Gasteiger partial charge < -0.3 is 10.6 Å². The second-order valence-electron chi connectivity index (χ2n) is 8.70. The summed E-state index contributed by atoms with van der Waals surface area (Å²) in [6, 6.07) is 23.2. The molecule has 0 fully saturated rings. The molecule has 5 rings (SSSR count). The van der Waals surface area contributed by atoms with Crippen molar-refractivity contribution in [2.75, 3.05) is 11.1 Å². The predicted molar refractivity (Wildman–Crippen MR) is 151 cm³/mol. The fraction of sp³-hybridized carbons (Fsp3) is 0.179. The Kier molecular flexibility index (Phi) is 7.86. The van der Waals surface area contributed by atoms with Gasteiger partial charge in [-0.15, -0.1) is 0 Å². The number of carbonyl (C=O) groups excluding carboxylic acids is 3. The molecule has 1 unspecified atom stereocenters. The summed E-state index contributed by atoms with van der Waals surface area (Å²) < 4.78 is 0. The van der Waals surface area contributed by atoms with Gasteiger partial charge in [0.25, 0.3) is 5.91 Å². The zero-order chi connectivity index (χ0) is 26.5. The smallest absolute Gasteiger partial charge is 0.259 e. The molecular weight excluding hydrogens is 522 g/mol. The number of benzene rings is 3. The molecule has 0 saturated heterocycles. The van der Waals surface area contributed by atoms with Crippen LogP contribution in [0.5, 0.6) is 0 Å². The van der Waals surface area contributed by atoms with Crippen LogP contribution in [0.25, 0.3) is 0 Å². The first-order valence-electron chi connectivity index (χ1n) is 12.1. The van der Waals surface area contributed by atoms with Gasteiger partial charge in [0.15, 0.2) is 5.17 Å². The highest BCUT2D eigenvalue weighted by Gasteiger charge is 2.41. The average molecular weight is 546 g/mol. The molecule has 2 N–H and O–H groups in total. The van der Waals surface area contributed by atoms with Crippen LogP contribution < -0.4 is 10.6 Å². The molecule has 0 aliphatic carbocycles. The van der Waals surface area contributed by atoms with E-state index in [9.17, 15) is 14.4 Å². The summed E-state index contributed by atoms with van der Waals surface area (Å²) in [5.41, 5.74) is 3.01. The number of halogens is 1. The zero-order valence-electron chi connectivity index (χ0n) is 20.3. The number of amides is 3. The highest BCUT2D eigenvalue weighted by molar-refractivity contribution is 8.14. The van der Waals surface area contributed by atoms with E-state index in [-0.39, 0.29) is 36.3 Å². The number of amidine groups is 2. The predicted octanol–water partition coefficient (Wildman–Crippen LogP) is 4.77. The van der Waals surface area contributed by atoms with E-state index in [2.05, 4.69) is 20.6 Å². The lowest BCUT2D eigenvalue weighted by Gasteiger charge is -2.25. The highest BCUT2D eigenvalue weighted by atomic mass is 35.5. The molecule has 10 heteroatoms. The van der Waals surface area contributed by atoms with E-state index in [1.807, 2.05) is 54.6 Å². The SMILES string of the molecule is O=C(CCC1N=C2c3ccccc3N=C(SCC(=O)Nc3cccc(Cl)c3)N2C1=O)NCc1ccccc1. The minimum Gasteiger partial charge on any atom is -0.352 e. The van der Waals surface area contributed by atoms with Crippen molar-refractivity contribution in [2.24, 2.45) is 9.98 Å². The second-order valence-corrected chi connectivity index (χ2v) is 10.1. The first-order valence-corrected chi connectivity index (χ1v) is 13.4. The lowest BCUT2D eigenvalue weighted by Crippen LogP contribution is -2.41. The third-order valence-corrected chi connectivity index (χ3v) is 7.14. The topological polar surface area (TPSA) is 103 Å². The number of nitrogens with one attached hydrogen (secondary N) is 2. The number of rotatable bonds is 8. The number of nitrogens with zero attached hydrogens (tertiary/aromatic N) is 3. The quantitative estimate of drug-likeness (QED) is 0.425. The first kappa shape index (κ1) is 25.7. The van der Waals surface area contributed by atoms with Crippen molar-refractivity contribution in [2.45, 2.75) is 25.4 Å². The molecule has 192 valence electrons. The average Bonchev–Trinajstić information content (AvgIpc) is 3.26. The minimum atomic E-state index is -0.704. The number of thioether (sulfide) groups is 1. The maximum absolute atomic E-state index is 13.4. The Balaban J connectivity index is 1.24. The Morgan fingerprint density at radius 2 is 1.76 bits per heavy atom. The minimum absolute atomic E-state index is 0.0388. The molecule has 2 aliphatic heterocycles. The number of fused-ring (bicyclic) bond motifs is 3. The van der Waals surface area contributed by atoms with E-state index in [4.69, 9.17) is 11.6 Å². The summed E-state index contributed by atoms with van der Waals surface area (Å²) in [4.78, 5) is 49.2. The van der Waals surface area contributed by atoms with Crippen molar-refractivity contribution in [1.82, 2.24) is 10.2 Å². The molecule has 0 spiro atoms. The molecule has 8 nitrogen and oxygen atoms in total. The largest absolute Gasteiger partial charge is 0.352 e. The Hall–Kier alpha value is -3.95. The van der Waals surface area contributed by atoms with Gasteiger partial charge in [0.05, 0.1) is 11.4 Å². The lowest BCUT2D eigenvalue weighted by molar-refractivity contribution is -0.125. The molecule has 0 radical (unpaired) electrons. The summed E-state index contributed by atoms with van der Waals surface area (Å²) in [6.07, 6.45) is 0.436. The standard InChI is InChI=1S/C28H24ClN5O3S/c29-19-9-6-10-20(15-19)31-25(36)17-38-28-33-22-12-5-4-11-21(22)26-32-23(27(37)34(26)28)13-14-24(35)30-16-18-7-2-1-3-8-18/h1-12,15,23H,13-14,16-17H2,(H,30,35)(H,31,36). The van der Waals surface area contributed by atoms with Crippen molar-refractivity contribution < 1.29 is 14.4 Å². The van der Waals surface area contributed by atoms with Gasteiger partial charge in [0.1, 0.15) is 11.9 Å². The Labute approximate surface area is 229 Å². The summed E-state index contributed by atoms with van der Waals surface area (Å²) in [7, 11) is 0. The number of anilines is 1. The van der Waals surface area contributed by atoms with E-state index in [1.54, 1.807) is 24.3 Å². The number of carbonyl (C=O) groups is 3. The van der Waals surface area contributed by atoms with E-state index in [0.717, 1.165) is 22.9 Å². The fourth-order valence-electron chi connectivity index (χ4n) is 4.13. The summed E-state index contributed by atoms with van der Waals surface area (Å²) in [5, 5.41) is 6.59. The van der Waals surface area contributed by atoms with Gasteiger partial charge in [0.2, 0.25) is 11.8 Å². The van der Waals surface area contributed by atoms with Crippen LogP contribution in [0.3, 0.4) is 0 Å². The molecule has 38 heavy (non-hydrogen) atoms. The van der Waals surface area contributed by atoms with Crippen LogP contribution in [0.2, 0.25) is 5.02 Å². The molecule has 0 bridgehead atoms. The Morgan fingerprint density at radius 3 is 2.58 bits per heavy atom. The summed E-state index contributed by atoms with van der Waals surface area (Å²) in [5.74, 6) is -0.125. The van der Waals surface area contributed by atoms with Crippen molar-refractivity contribution in [3.05, 3.63) is 95.0 Å². The molecule has 3 aromatic carbocycles. The van der Waals surface area contributed by atoms with Crippen LogP contribution in [-0.2, 0) is 20.9 Å². The highest BCUT2D eigenvalue weighted by Crippen LogP contribution is 2.34. The molecule has 3 aromatic rings. The van der Waals surface area contributed by atoms with Gasteiger partial charge in [-0.05, 0) is 42.3 Å². The van der Waals surface area contributed by atoms with Crippen LogP contribution in [-0.4, -0.2) is 45.4 Å². The zero-order valence-corrected chi connectivity index (χ0v) is 21.8. The molecule has 2 aliphatic rings. The van der Waals surface area contributed by atoms with Crippen LogP contribution in [0, 0.1) is 0 Å². The van der Waals surface area contributed by atoms with Gasteiger partial charge in [-0.3, -0.25) is 19.4 Å². The second kappa shape index (κ2) is 11.6. The van der Waals surface area contributed by atoms with Gasteiger partial charge in [-0.25, -0.2) is 9.89 Å². The van der Waals surface area contributed by atoms with E-state index in [1.165, 1.54) is 4.90 Å². The van der Waals surface area contributed by atoms with Crippen molar-refractivity contribution in [1.29, 1.82) is 0 Å². The van der Waals surface area contributed by atoms with E-state index >= 15 is 0 Å². The third kappa shape index (κ3) is 5.95. The summed E-state index contributed by atoms with van der Waals surface area (Å²) in [6.45, 7) is 0.428.